The van der Waals surface area contributed by atoms with E-state index >= 15 is 0 Å². The highest BCUT2D eigenvalue weighted by atomic mass is 19.3. The van der Waals surface area contributed by atoms with Gasteiger partial charge in [0.1, 0.15) is 11.6 Å². The number of carboxylic acid groups (broad SMARTS) is 1. The minimum absolute atomic E-state index is 0.399. The summed E-state index contributed by atoms with van der Waals surface area (Å²) in [7, 11) is 0. The molecule has 0 bridgehead atoms. The maximum Gasteiger partial charge on any atom is 0.304 e. The van der Waals surface area contributed by atoms with Gasteiger partial charge in [-0.15, -0.1) is 0 Å². The van der Waals surface area contributed by atoms with Crippen LogP contribution in [-0.2, 0) is 4.79 Å². The highest BCUT2D eigenvalue weighted by Gasteiger charge is 2.27. The number of benzene rings is 1. The van der Waals surface area contributed by atoms with Crippen molar-refractivity contribution in [3.8, 4) is 5.75 Å². The quantitative estimate of drug-likeness (QED) is 0.840. The van der Waals surface area contributed by atoms with Gasteiger partial charge in [-0.3, -0.25) is 4.79 Å². The molecule has 0 heterocycles. The van der Waals surface area contributed by atoms with Crippen molar-refractivity contribution in [3.05, 3.63) is 29.6 Å². The minimum atomic E-state index is -2.98. The summed E-state index contributed by atoms with van der Waals surface area (Å²) in [4.78, 5) is 10.4. The van der Waals surface area contributed by atoms with Crippen molar-refractivity contribution in [1.29, 1.82) is 0 Å². The summed E-state index contributed by atoms with van der Waals surface area (Å²) in [6.45, 7) is 0. The second kappa shape index (κ2) is 4.87. The molecule has 0 aliphatic carbocycles. The lowest BCUT2D eigenvalue weighted by molar-refractivity contribution is -0.138. The predicted molar refractivity (Wildman–Crippen MR) is 49.1 cm³/mol. The van der Waals surface area contributed by atoms with Crippen LogP contribution in [0.1, 0.15) is 17.9 Å². The number of carboxylic acids is 1. The Hall–Kier alpha value is -1.72. The lowest BCUT2D eigenvalue weighted by Crippen LogP contribution is -2.15. The van der Waals surface area contributed by atoms with Crippen molar-refractivity contribution >= 4 is 5.97 Å². The van der Waals surface area contributed by atoms with Gasteiger partial charge in [-0.25, -0.2) is 13.2 Å². The molecule has 1 aromatic rings. The van der Waals surface area contributed by atoms with Crippen LogP contribution < -0.4 is 0 Å². The molecular formula is C10H9F3O3. The van der Waals surface area contributed by atoms with E-state index in [1.165, 1.54) is 0 Å². The number of rotatable bonds is 4. The zero-order valence-electron chi connectivity index (χ0n) is 8.03. The zero-order chi connectivity index (χ0) is 12.3. The van der Waals surface area contributed by atoms with Gasteiger partial charge in [0, 0.05) is 6.07 Å². The third-order valence-corrected chi connectivity index (χ3v) is 2.08. The van der Waals surface area contributed by atoms with Crippen molar-refractivity contribution in [2.24, 2.45) is 0 Å². The Bertz CT molecular complexity index is 393. The van der Waals surface area contributed by atoms with E-state index in [4.69, 9.17) is 10.2 Å². The van der Waals surface area contributed by atoms with E-state index in [2.05, 4.69) is 0 Å². The topological polar surface area (TPSA) is 57.5 Å². The molecule has 0 spiro atoms. The number of phenols is 1. The van der Waals surface area contributed by atoms with E-state index < -0.39 is 41.9 Å². The Kier molecular flexibility index (Phi) is 3.76. The van der Waals surface area contributed by atoms with E-state index in [1.807, 2.05) is 0 Å². The summed E-state index contributed by atoms with van der Waals surface area (Å²) in [5.41, 5.74) is -0.407. The van der Waals surface area contributed by atoms with E-state index in [0.717, 1.165) is 12.1 Å². The van der Waals surface area contributed by atoms with Gasteiger partial charge < -0.3 is 10.2 Å². The van der Waals surface area contributed by atoms with Gasteiger partial charge in [0.25, 0.3) is 0 Å². The summed E-state index contributed by atoms with van der Waals surface area (Å²) < 4.78 is 38.3. The fourth-order valence-electron chi connectivity index (χ4n) is 1.34. The van der Waals surface area contributed by atoms with E-state index in [0.29, 0.717) is 6.07 Å². The number of aromatic hydroxyl groups is 1. The second-order valence-corrected chi connectivity index (χ2v) is 3.24. The van der Waals surface area contributed by atoms with Crippen LogP contribution in [0.15, 0.2) is 18.2 Å². The Morgan fingerprint density at radius 1 is 1.38 bits per heavy atom. The van der Waals surface area contributed by atoms with Crippen molar-refractivity contribution < 1.29 is 28.2 Å². The molecule has 1 atom stereocenters. The standard InChI is InChI=1S/C10H9F3O3/c11-8-3-5(14)1-2-6(8)7(10(12)13)4-9(15)16/h1-3,7,10,14H,4H2,(H,15,16). The van der Waals surface area contributed by atoms with E-state index in [-0.39, 0.29) is 0 Å². The molecule has 16 heavy (non-hydrogen) atoms. The largest absolute Gasteiger partial charge is 0.508 e. The molecule has 0 aliphatic rings. The number of aliphatic carboxylic acids is 1. The first-order valence-electron chi connectivity index (χ1n) is 4.40. The normalized spacial score (nSPS) is 12.8. The average Bonchev–Trinajstić information content (AvgIpc) is 2.14. The first kappa shape index (κ1) is 12.4. The Morgan fingerprint density at radius 2 is 2.00 bits per heavy atom. The lowest BCUT2D eigenvalue weighted by Gasteiger charge is -2.14. The molecule has 88 valence electrons. The lowest BCUT2D eigenvalue weighted by atomic mass is 9.95. The summed E-state index contributed by atoms with van der Waals surface area (Å²) >= 11 is 0. The number of phenolic OH excluding ortho intramolecular Hbond substituents is 1. The smallest absolute Gasteiger partial charge is 0.304 e. The maximum atomic E-state index is 13.2. The molecule has 0 aliphatic heterocycles. The molecule has 1 unspecified atom stereocenters. The molecule has 0 saturated carbocycles. The third kappa shape index (κ3) is 2.88. The molecular weight excluding hydrogens is 225 g/mol. The maximum absolute atomic E-state index is 13.2. The molecule has 0 saturated heterocycles. The molecule has 0 amide bonds. The summed E-state index contributed by atoms with van der Waals surface area (Å²) in [5.74, 6) is -4.58. The third-order valence-electron chi connectivity index (χ3n) is 2.08. The molecule has 1 rings (SSSR count). The zero-order valence-corrected chi connectivity index (χ0v) is 8.03. The Labute approximate surface area is 89.1 Å². The highest BCUT2D eigenvalue weighted by Crippen LogP contribution is 2.30. The first-order chi connectivity index (χ1) is 7.41. The van der Waals surface area contributed by atoms with E-state index in [1.54, 1.807) is 0 Å². The minimum Gasteiger partial charge on any atom is -0.508 e. The van der Waals surface area contributed by atoms with Gasteiger partial charge in [-0.1, -0.05) is 6.07 Å². The first-order valence-corrected chi connectivity index (χ1v) is 4.40. The average molecular weight is 234 g/mol. The number of carbonyl (C=O) groups is 1. The predicted octanol–water partition coefficient (Wildman–Crippen LogP) is 2.35. The van der Waals surface area contributed by atoms with Crippen LogP contribution in [0.25, 0.3) is 0 Å². The van der Waals surface area contributed by atoms with Crippen molar-refractivity contribution in [2.45, 2.75) is 18.8 Å². The van der Waals surface area contributed by atoms with Crippen molar-refractivity contribution in [3.63, 3.8) is 0 Å². The van der Waals surface area contributed by atoms with Gasteiger partial charge in [0.05, 0.1) is 12.3 Å². The SMILES string of the molecule is O=C(O)CC(c1ccc(O)cc1F)C(F)F. The van der Waals surface area contributed by atoms with Crippen LogP contribution in [0.5, 0.6) is 5.75 Å². The van der Waals surface area contributed by atoms with E-state index in [9.17, 15) is 18.0 Å². The number of hydrogen-bond donors (Lipinski definition) is 2. The van der Waals surface area contributed by atoms with Crippen LogP contribution in [0.3, 0.4) is 0 Å². The van der Waals surface area contributed by atoms with Crippen LogP contribution >= 0.6 is 0 Å². The number of hydrogen-bond acceptors (Lipinski definition) is 2. The molecule has 1 aromatic carbocycles. The molecule has 0 aromatic heterocycles. The van der Waals surface area contributed by atoms with Gasteiger partial charge in [-0.2, -0.15) is 0 Å². The summed E-state index contributed by atoms with van der Waals surface area (Å²) in [5, 5.41) is 17.3. The van der Waals surface area contributed by atoms with Gasteiger partial charge in [0.2, 0.25) is 6.43 Å². The Morgan fingerprint density at radius 3 is 2.44 bits per heavy atom. The van der Waals surface area contributed by atoms with Gasteiger partial charge in [0.15, 0.2) is 0 Å². The van der Waals surface area contributed by atoms with Crippen LogP contribution in [0, 0.1) is 5.82 Å². The second-order valence-electron chi connectivity index (χ2n) is 3.24. The molecule has 2 N–H and O–H groups in total. The monoisotopic (exact) mass is 234 g/mol. The fourth-order valence-corrected chi connectivity index (χ4v) is 1.34. The van der Waals surface area contributed by atoms with Crippen molar-refractivity contribution in [1.82, 2.24) is 0 Å². The molecule has 3 nitrogen and oxygen atoms in total. The van der Waals surface area contributed by atoms with Gasteiger partial charge >= 0.3 is 5.97 Å². The Balaban J connectivity index is 3.05. The van der Waals surface area contributed by atoms with Crippen LogP contribution in [0.4, 0.5) is 13.2 Å². The van der Waals surface area contributed by atoms with Crippen LogP contribution in [-0.4, -0.2) is 22.6 Å². The molecule has 0 fully saturated rings. The van der Waals surface area contributed by atoms with Crippen molar-refractivity contribution in [2.75, 3.05) is 0 Å². The number of alkyl halides is 2. The summed E-state index contributed by atoms with van der Waals surface area (Å²) in [6.07, 6.45) is -3.84. The van der Waals surface area contributed by atoms with Gasteiger partial charge in [-0.05, 0) is 11.6 Å². The molecule has 0 radical (unpaired) electrons. The van der Waals surface area contributed by atoms with Crippen LogP contribution in [0.2, 0.25) is 0 Å². The fraction of sp³-hybridized carbons (Fsp3) is 0.300. The summed E-state index contributed by atoms with van der Waals surface area (Å²) in [6, 6.07) is 2.67. The highest BCUT2D eigenvalue weighted by molar-refractivity contribution is 5.68. The molecule has 6 heteroatoms. The number of halogens is 3.